The number of aromatic nitrogens is 5. The largest absolute Gasteiger partial charge is 0.481 e. The average molecular weight is 599 g/mol. The lowest BCUT2D eigenvalue weighted by atomic mass is 9.74. The maximum Gasteiger partial charge on any atom is 0.310 e. The number of fused-ring (bicyclic) bond motifs is 2. The Balaban J connectivity index is 1.58. The van der Waals surface area contributed by atoms with Crippen LogP contribution in [0.4, 0.5) is 0 Å². The van der Waals surface area contributed by atoms with Gasteiger partial charge in [-0.1, -0.05) is 24.6 Å². The number of carboxylic acids is 1. The van der Waals surface area contributed by atoms with Crippen LogP contribution in [-0.4, -0.2) is 56.0 Å². The van der Waals surface area contributed by atoms with E-state index in [1.165, 1.54) is 11.3 Å². The molecule has 0 spiro atoms. The Kier molecular flexibility index (Phi) is 7.99. The number of aryl methyl sites for hydroxylation is 3. The van der Waals surface area contributed by atoms with Crippen molar-refractivity contribution in [1.29, 1.82) is 0 Å². The fourth-order valence-electron chi connectivity index (χ4n) is 5.69. The Hall–Kier alpha value is -2.90. The number of carboxylic acid groups (broad SMARTS) is 1. The molecule has 0 saturated heterocycles. The smallest absolute Gasteiger partial charge is 0.310 e. The van der Waals surface area contributed by atoms with Crippen LogP contribution in [0.25, 0.3) is 11.0 Å². The topological polar surface area (TPSA) is 137 Å². The van der Waals surface area contributed by atoms with Crippen molar-refractivity contribution in [2.24, 2.45) is 11.3 Å². The third kappa shape index (κ3) is 5.16. The zero-order valence-electron chi connectivity index (χ0n) is 24.3. The number of hydrogen-bond donors (Lipinski definition) is 3. The van der Waals surface area contributed by atoms with Gasteiger partial charge in [0.15, 0.2) is 0 Å². The van der Waals surface area contributed by atoms with E-state index in [0.717, 1.165) is 39.2 Å². The second kappa shape index (κ2) is 11.1. The molecule has 1 aliphatic heterocycles. The van der Waals surface area contributed by atoms with Gasteiger partial charge in [0.05, 0.1) is 39.7 Å². The standard InChI is InChI=1S/C29H38N6O4S2/c1-7-19-14-21-24(10-9-13-30-21)41(38,39)34(15-19)16-22-18(4)40-27(31-22)25(29(5,6)28(36)37)20-11-12-23-26(17(20)3)32-33-35(23)8-2/h9-13,19,25,38-39H,7-8,14-16H2,1-6H3,(H,36,37). The van der Waals surface area contributed by atoms with Crippen LogP contribution < -0.4 is 0 Å². The molecule has 0 amide bonds. The summed E-state index contributed by atoms with van der Waals surface area (Å²) in [6.45, 7) is 12.9. The van der Waals surface area contributed by atoms with E-state index in [-0.39, 0.29) is 12.5 Å². The van der Waals surface area contributed by atoms with Gasteiger partial charge < -0.3 is 5.11 Å². The molecular formula is C29H38N6O4S2. The lowest BCUT2D eigenvalue weighted by Crippen LogP contribution is -2.33. The Morgan fingerprint density at radius 3 is 2.66 bits per heavy atom. The number of hydrogen-bond acceptors (Lipinski definition) is 9. The maximum atomic E-state index is 12.6. The van der Waals surface area contributed by atoms with Crippen LogP contribution in [0.15, 0.2) is 35.4 Å². The van der Waals surface area contributed by atoms with Crippen molar-refractivity contribution in [3.63, 3.8) is 0 Å². The fourth-order valence-corrected chi connectivity index (χ4v) is 8.64. The molecule has 5 rings (SSSR count). The number of rotatable bonds is 8. The summed E-state index contributed by atoms with van der Waals surface area (Å²) >= 11 is 1.46. The summed E-state index contributed by atoms with van der Waals surface area (Å²) in [6.07, 6.45) is 3.25. The molecule has 10 nitrogen and oxygen atoms in total. The van der Waals surface area contributed by atoms with Gasteiger partial charge in [0, 0.05) is 24.2 Å². The van der Waals surface area contributed by atoms with Gasteiger partial charge in [-0.05, 0) is 76.3 Å². The number of carbonyl (C=O) groups is 1. The number of nitrogens with zero attached hydrogens (tertiary/aromatic N) is 6. The predicted octanol–water partition coefficient (Wildman–Crippen LogP) is 6.27. The molecule has 0 radical (unpaired) electrons. The molecule has 2 atom stereocenters. The summed E-state index contributed by atoms with van der Waals surface area (Å²) in [7, 11) is -3.29. The monoisotopic (exact) mass is 598 g/mol. The van der Waals surface area contributed by atoms with Gasteiger partial charge in [-0.2, -0.15) is 4.31 Å². The van der Waals surface area contributed by atoms with Crippen molar-refractivity contribution in [2.45, 2.75) is 78.3 Å². The highest BCUT2D eigenvalue weighted by molar-refractivity contribution is 8.22. The first-order chi connectivity index (χ1) is 19.4. The lowest BCUT2D eigenvalue weighted by molar-refractivity contribution is -0.147. The Labute approximate surface area is 245 Å². The van der Waals surface area contributed by atoms with Crippen LogP contribution in [0.3, 0.4) is 0 Å². The van der Waals surface area contributed by atoms with E-state index in [0.29, 0.717) is 35.1 Å². The van der Waals surface area contributed by atoms with E-state index in [4.69, 9.17) is 4.98 Å². The molecule has 1 aliphatic rings. The third-order valence-electron chi connectivity index (χ3n) is 8.37. The van der Waals surface area contributed by atoms with Gasteiger partial charge in [-0.25, -0.2) is 9.67 Å². The van der Waals surface area contributed by atoms with E-state index in [1.807, 2.05) is 37.6 Å². The highest BCUT2D eigenvalue weighted by Gasteiger charge is 2.43. The fraction of sp³-hybridized carbons (Fsp3) is 0.483. The Morgan fingerprint density at radius 2 is 1.98 bits per heavy atom. The van der Waals surface area contributed by atoms with Crippen molar-refractivity contribution in [1.82, 2.24) is 29.3 Å². The lowest BCUT2D eigenvalue weighted by Gasteiger charge is -2.42. The number of aliphatic carboxylic acids is 1. The molecule has 3 N–H and O–H groups in total. The normalized spacial score (nSPS) is 19.1. The molecule has 41 heavy (non-hydrogen) atoms. The molecule has 1 aromatic carbocycles. The van der Waals surface area contributed by atoms with E-state index < -0.39 is 28.1 Å². The zero-order valence-corrected chi connectivity index (χ0v) is 26.0. The highest BCUT2D eigenvalue weighted by Crippen LogP contribution is 2.56. The molecule has 0 saturated carbocycles. The van der Waals surface area contributed by atoms with Gasteiger partial charge >= 0.3 is 5.97 Å². The van der Waals surface area contributed by atoms with Crippen LogP contribution >= 0.6 is 22.1 Å². The van der Waals surface area contributed by atoms with Crippen molar-refractivity contribution in [2.75, 3.05) is 6.54 Å². The van der Waals surface area contributed by atoms with Crippen molar-refractivity contribution in [3.8, 4) is 0 Å². The van der Waals surface area contributed by atoms with Gasteiger partial charge in [0.1, 0.15) is 10.5 Å². The summed E-state index contributed by atoms with van der Waals surface area (Å²) in [5, 5.41) is 19.7. The molecule has 3 aromatic heterocycles. The van der Waals surface area contributed by atoms with Crippen LogP contribution in [0.2, 0.25) is 0 Å². The summed E-state index contributed by atoms with van der Waals surface area (Å²) in [5.74, 6) is -1.27. The quantitative estimate of drug-likeness (QED) is 0.214. The van der Waals surface area contributed by atoms with Crippen LogP contribution in [0.5, 0.6) is 0 Å². The van der Waals surface area contributed by atoms with Crippen molar-refractivity contribution >= 4 is 39.1 Å². The van der Waals surface area contributed by atoms with E-state index in [2.05, 4.69) is 22.2 Å². The zero-order chi connectivity index (χ0) is 29.7. The minimum Gasteiger partial charge on any atom is -0.481 e. The van der Waals surface area contributed by atoms with Crippen molar-refractivity contribution < 1.29 is 19.0 Å². The van der Waals surface area contributed by atoms with Crippen molar-refractivity contribution in [3.05, 3.63) is 62.9 Å². The van der Waals surface area contributed by atoms with E-state index >= 15 is 0 Å². The molecular weight excluding hydrogens is 560 g/mol. The summed E-state index contributed by atoms with van der Waals surface area (Å²) in [5.41, 5.74) is 3.65. The summed E-state index contributed by atoms with van der Waals surface area (Å²) in [6, 6.07) is 7.41. The van der Waals surface area contributed by atoms with Crippen LogP contribution in [-0.2, 0) is 24.3 Å². The van der Waals surface area contributed by atoms with Crippen LogP contribution in [0.1, 0.15) is 72.4 Å². The van der Waals surface area contributed by atoms with Gasteiger partial charge in [-0.15, -0.1) is 27.2 Å². The molecule has 4 heterocycles. The molecule has 220 valence electrons. The average Bonchev–Trinajstić information content (AvgIpc) is 3.49. The molecule has 0 fully saturated rings. The summed E-state index contributed by atoms with van der Waals surface area (Å²) in [4.78, 5) is 23.5. The van der Waals surface area contributed by atoms with E-state index in [9.17, 15) is 19.0 Å². The summed E-state index contributed by atoms with van der Waals surface area (Å²) < 4.78 is 26.5. The minimum atomic E-state index is -3.29. The number of thiazole rings is 1. The molecule has 12 heteroatoms. The minimum absolute atomic E-state index is 0.209. The maximum absolute atomic E-state index is 12.6. The number of benzene rings is 1. The molecule has 2 unspecified atom stereocenters. The van der Waals surface area contributed by atoms with Crippen LogP contribution in [0, 0.1) is 25.2 Å². The molecule has 4 aromatic rings. The first-order valence-electron chi connectivity index (χ1n) is 13.9. The first-order valence-corrected chi connectivity index (χ1v) is 16.2. The highest BCUT2D eigenvalue weighted by atomic mass is 32.3. The predicted molar refractivity (Wildman–Crippen MR) is 161 cm³/mol. The molecule has 0 bridgehead atoms. The van der Waals surface area contributed by atoms with Gasteiger partial charge in [-0.3, -0.25) is 18.9 Å². The van der Waals surface area contributed by atoms with Gasteiger partial charge in [0.2, 0.25) is 0 Å². The number of pyridine rings is 1. The first kappa shape index (κ1) is 29.6. The third-order valence-corrected chi connectivity index (χ3v) is 11.4. The van der Waals surface area contributed by atoms with Gasteiger partial charge in [0.25, 0.3) is 0 Å². The second-order valence-electron chi connectivity index (χ2n) is 11.3. The Bertz CT molecular complexity index is 1600. The molecule has 0 aliphatic carbocycles. The SMILES string of the molecule is CCC1Cc2ncccc2S(O)(O)N(Cc2nc(C(c3ccc4c(nnn4CC)c3C)C(C)(C)C(=O)O)sc2C)C1. The Morgan fingerprint density at radius 1 is 1.22 bits per heavy atom. The van der Waals surface area contributed by atoms with E-state index in [1.54, 1.807) is 36.5 Å². The second-order valence-corrected chi connectivity index (χ2v) is 14.6.